The monoisotopic (exact) mass is 435 g/mol. The Labute approximate surface area is 185 Å². The number of likely N-dealkylation sites (tertiary alicyclic amines) is 1. The van der Waals surface area contributed by atoms with Crippen molar-refractivity contribution >= 4 is 39.1 Å². The highest BCUT2D eigenvalue weighted by atomic mass is 32.1. The zero-order valence-corrected chi connectivity index (χ0v) is 18.3. The molecule has 0 bridgehead atoms. The second-order valence-corrected chi connectivity index (χ2v) is 9.54. The fourth-order valence-electron chi connectivity index (χ4n) is 4.61. The summed E-state index contributed by atoms with van der Waals surface area (Å²) in [5, 5.41) is 10.4. The number of aliphatic hydroxyl groups excluding tert-OH is 1. The Morgan fingerprint density at radius 2 is 1.97 bits per heavy atom. The minimum atomic E-state index is -0.422. The second kappa shape index (κ2) is 8.15. The zero-order valence-electron chi connectivity index (χ0n) is 17.5. The van der Waals surface area contributed by atoms with E-state index in [1.54, 1.807) is 11.3 Å². The van der Waals surface area contributed by atoms with E-state index in [2.05, 4.69) is 24.0 Å². The van der Waals surface area contributed by atoms with Crippen LogP contribution < -0.4 is 4.90 Å². The van der Waals surface area contributed by atoms with Crippen molar-refractivity contribution in [2.24, 2.45) is 5.92 Å². The van der Waals surface area contributed by atoms with Crippen molar-refractivity contribution in [3.8, 4) is 10.6 Å². The van der Waals surface area contributed by atoms with Crippen LogP contribution in [0.2, 0.25) is 0 Å². The SMILES string of the molecule is Cc1ccc2nc(-c3ccc(N4C(=O)C[C@@H](N5CCC[C@@H](CO)C5)C4=O)cc3)sc2c1. The number of piperidine rings is 1. The van der Waals surface area contributed by atoms with Crippen LogP contribution in [-0.4, -0.2) is 52.5 Å². The number of carbonyl (C=O) groups excluding carboxylic acids is 2. The van der Waals surface area contributed by atoms with Gasteiger partial charge in [0.15, 0.2) is 0 Å². The molecule has 7 heteroatoms. The van der Waals surface area contributed by atoms with Gasteiger partial charge in [-0.2, -0.15) is 0 Å². The Kier molecular flexibility index (Phi) is 5.33. The van der Waals surface area contributed by atoms with Gasteiger partial charge in [0, 0.05) is 18.7 Å². The number of fused-ring (bicyclic) bond motifs is 1. The van der Waals surface area contributed by atoms with Gasteiger partial charge < -0.3 is 5.11 Å². The molecule has 3 aromatic rings. The normalized spacial score (nSPS) is 22.6. The fourth-order valence-corrected chi connectivity index (χ4v) is 5.68. The lowest BCUT2D eigenvalue weighted by Crippen LogP contribution is -2.47. The van der Waals surface area contributed by atoms with Crippen LogP contribution in [0.1, 0.15) is 24.8 Å². The van der Waals surface area contributed by atoms with Gasteiger partial charge in [0.1, 0.15) is 5.01 Å². The van der Waals surface area contributed by atoms with Crippen molar-refractivity contribution in [3.63, 3.8) is 0 Å². The van der Waals surface area contributed by atoms with E-state index in [0.717, 1.165) is 40.2 Å². The quantitative estimate of drug-likeness (QED) is 0.634. The number of nitrogens with zero attached hydrogens (tertiary/aromatic N) is 3. The third-order valence-corrected chi connectivity index (χ3v) is 7.36. The van der Waals surface area contributed by atoms with Gasteiger partial charge in [-0.1, -0.05) is 6.07 Å². The minimum absolute atomic E-state index is 0.127. The van der Waals surface area contributed by atoms with Crippen LogP contribution in [0.25, 0.3) is 20.8 Å². The molecule has 0 spiro atoms. The first-order valence-electron chi connectivity index (χ1n) is 10.7. The van der Waals surface area contributed by atoms with Crippen molar-refractivity contribution < 1.29 is 14.7 Å². The standard InChI is InChI=1S/C24H25N3O3S/c1-15-4-9-19-21(11-15)31-23(25-19)17-5-7-18(8-6-17)27-22(29)12-20(24(27)30)26-10-2-3-16(13-26)14-28/h4-9,11,16,20,28H,2-3,10,12-14H2,1H3/t16-,20-/m1/s1. The summed E-state index contributed by atoms with van der Waals surface area (Å²) in [6.45, 7) is 3.66. The average Bonchev–Trinajstić information content (AvgIpc) is 3.34. The van der Waals surface area contributed by atoms with Crippen molar-refractivity contribution in [1.82, 2.24) is 9.88 Å². The molecule has 6 nitrogen and oxygen atoms in total. The molecule has 2 amide bonds. The lowest BCUT2D eigenvalue weighted by Gasteiger charge is -2.34. The van der Waals surface area contributed by atoms with Crippen LogP contribution in [-0.2, 0) is 9.59 Å². The van der Waals surface area contributed by atoms with E-state index >= 15 is 0 Å². The lowest BCUT2D eigenvalue weighted by molar-refractivity contribution is -0.123. The van der Waals surface area contributed by atoms with Gasteiger partial charge >= 0.3 is 0 Å². The number of amides is 2. The molecular formula is C24H25N3O3S. The van der Waals surface area contributed by atoms with Crippen molar-refractivity contribution in [1.29, 1.82) is 0 Å². The first-order chi connectivity index (χ1) is 15.0. The Hall–Kier alpha value is -2.61. The number of aliphatic hydroxyl groups is 1. The Morgan fingerprint density at radius 3 is 2.74 bits per heavy atom. The fraction of sp³-hybridized carbons (Fsp3) is 0.375. The highest BCUT2D eigenvalue weighted by molar-refractivity contribution is 7.21. The largest absolute Gasteiger partial charge is 0.396 e. The molecule has 31 heavy (non-hydrogen) atoms. The molecule has 0 unspecified atom stereocenters. The first kappa shape index (κ1) is 20.3. The lowest BCUT2D eigenvalue weighted by atomic mass is 9.97. The van der Waals surface area contributed by atoms with E-state index in [1.807, 2.05) is 30.3 Å². The van der Waals surface area contributed by atoms with E-state index in [1.165, 1.54) is 10.5 Å². The van der Waals surface area contributed by atoms with Gasteiger partial charge in [-0.25, -0.2) is 9.88 Å². The number of rotatable bonds is 4. The number of hydrogen-bond acceptors (Lipinski definition) is 6. The van der Waals surface area contributed by atoms with Crippen LogP contribution in [0.15, 0.2) is 42.5 Å². The summed E-state index contributed by atoms with van der Waals surface area (Å²) in [5.74, 6) is -0.140. The van der Waals surface area contributed by atoms with Crippen LogP contribution in [0.5, 0.6) is 0 Å². The molecule has 2 aliphatic rings. The summed E-state index contributed by atoms with van der Waals surface area (Å²) in [7, 11) is 0. The van der Waals surface area contributed by atoms with E-state index in [9.17, 15) is 14.7 Å². The third-order valence-electron chi connectivity index (χ3n) is 6.29. The summed E-state index contributed by atoms with van der Waals surface area (Å²) >= 11 is 1.64. The molecule has 1 N–H and O–H groups in total. The highest BCUT2D eigenvalue weighted by Gasteiger charge is 2.43. The van der Waals surface area contributed by atoms with Crippen molar-refractivity contribution in [2.75, 3.05) is 24.6 Å². The van der Waals surface area contributed by atoms with Gasteiger partial charge in [0.25, 0.3) is 5.91 Å². The molecule has 0 radical (unpaired) electrons. The summed E-state index contributed by atoms with van der Waals surface area (Å²) < 4.78 is 1.15. The number of hydrogen-bond donors (Lipinski definition) is 1. The van der Waals surface area contributed by atoms with Crippen LogP contribution in [0.3, 0.4) is 0 Å². The average molecular weight is 436 g/mol. The summed E-state index contributed by atoms with van der Waals surface area (Å²) in [5.41, 5.74) is 3.76. The topological polar surface area (TPSA) is 73.7 Å². The van der Waals surface area contributed by atoms with E-state index in [4.69, 9.17) is 4.98 Å². The molecule has 3 heterocycles. The summed E-state index contributed by atoms with van der Waals surface area (Å²) in [6.07, 6.45) is 2.12. The second-order valence-electron chi connectivity index (χ2n) is 8.51. The van der Waals surface area contributed by atoms with E-state index in [0.29, 0.717) is 12.2 Å². The van der Waals surface area contributed by atoms with Gasteiger partial charge in [-0.15, -0.1) is 11.3 Å². The summed E-state index contributed by atoms with van der Waals surface area (Å²) in [6, 6.07) is 13.3. The smallest absolute Gasteiger partial charge is 0.251 e. The molecule has 0 saturated carbocycles. The maximum absolute atomic E-state index is 13.1. The predicted molar refractivity (Wildman–Crippen MR) is 122 cm³/mol. The van der Waals surface area contributed by atoms with Crippen LogP contribution in [0.4, 0.5) is 5.69 Å². The predicted octanol–water partition coefficient (Wildman–Crippen LogP) is 3.61. The summed E-state index contributed by atoms with van der Waals surface area (Å²) in [4.78, 5) is 33.9. The zero-order chi connectivity index (χ0) is 21.5. The molecule has 0 aliphatic carbocycles. The molecule has 2 atom stereocenters. The number of carbonyl (C=O) groups is 2. The molecule has 2 aliphatic heterocycles. The van der Waals surface area contributed by atoms with E-state index in [-0.39, 0.29) is 30.8 Å². The number of benzene rings is 2. The van der Waals surface area contributed by atoms with E-state index < -0.39 is 6.04 Å². The van der Waals surface area contributed by atoms with Crippen molar-refractivity contribution in [3.05, 3.63) is 48.0 Å². The molecular weight excluding hydrogens is 410 g/mol. The Morgan fingerprint density at radius 1 is 1.16 bits per heavy atom. The van der Waals surface area contributed by atoms with Gasteiger partial charge in [-0.05, 0) is 74.2 Å². The number of aryl methyl sites for hydroxylation is 1. The Balaban J connectivity index is 1.36. The third kappa shape index (κ3) is 3.78. The minimum Gasteiger partial charge on any atom is -0.396 e. The highest BCUT2D eigenvalue weighted by Crippen LogP contribution is 2.33. The number of anilines is 1. The number of imide groups is 1. The maximum Gasteiger partial charge on any atom is 0.251 e. The molecule has 160 valence electrons. The van der Waals surface area contributed by atoms with Gasteiger partial charge in [0.2, 0.25) is 5.91 Å². The number of aromatic nitrogens is 1. The van der Waals surface area contributed by atoms with Gasteiger partial charge in [0.05, 0.1) is 28.4 Å². The molecule has 5 rings (SSSR count). The van der Waals surface area contributed by atoms with Crippen LogP contribution >= 0.6 is 11.3 Å². The van der Waals surface area contributed by atoms with Crippen molar-refractivity contribution in [2.45, 2.75) is 32.2 Å². The first-order valence-corrected chi connectivity index (χ1v) is 11.5. The van der Waals surface area contributed by atoms with Crippen LogP contribution in [0, 0.1) is 12.8 Å². The molecule has 2 saturated heterocycles. The van der Waals surface area contributed by atoms with Gasteiger partial charge in [-0.3, -0.25) is 14.5 Å². The molecule has 2 aromatic carbocycles. The number of thiazole rings is 1. The maximum atomic E-state index is 13.1. The Bertz CT molecular complexity index is 1140. The molecule has 2 fully saturated rings. The molecule has 1 aromatic heterocycles.